The van der Waals surface area contributed by atoms with Crippen molar-refractivity contribution in [2.45, 2.75) is 57.5 Å². The third-order valence-corrected chi connectivity index (χ3v) is 4.15. The maximum atomic E-state index is 4.66. The minimum atomic E-state index is 0.336. The molecule has 0 aromatic carbocycles. The Morgan fingerprint density at radius 2 is 2.14 bits per heavy atom. The highest BCUT2D eigenvalue weighted by molar-refractivity contribution is 8.13. The second kappa shape index (κ2) is 4.13. The van der Waals surface area contributed by atoms with Crippen molar-refractivity contribution in [3.05, 3.63) is 0 Å². The first kappa shape index (κ1) is 10.3. The van der Waals surface area contributed by atoms with Crippen LogP contribution in [0.1, 0.15) is 46.0 Å². The zero-order valence-corrected chi connectivity index (χ0v) is 9.99. The predicted molar refractivity (Wildman–Crippen MR) is 64.0 cm³/mol. The van der Waals surface area contributed by atoms with Gasteiger partial charge < -0.3 is 5.32 Å². The van der Waals surface area contributed by atoms with Crippen molar-refractivity contribution in [3.8, 4) is 0 Å². The smallest absolute Gasteiger partial charge is 0.157 e. The van der Waals surface area contributed by atoms with Gasteiger partial charge in [0.05, 0.1) is 6.04 Å². The standard InChI is InChI=1S/C11H20N2S/c1-9-5-8-14-10(12-9)13-11(2)6-3-4-7-11/h9H,3-8H2,1-2H3,(H,12,13). The highest BCUT2D eigenvalue weighted by Crippen LogP contribution is 2.30. The summed E-state index contributed by atoms with van der Waals surface area (Å²) in [7, 11) is 0. The average molecular weight is 212 g/mol. The first-order chi connectivity index (χ1) is 6.68. The Bertz CT molecular complexity index is 231. The number of nitrogens with zero attached hydrogens (tertiary/aromatic N) is 1. The van der Waals surface area contributed by atoms with Crippen molar-refractivity contribution in [3.63, 3.8) is 0 Å². The van der Waals surface area contributed by atoms with Crippen LogP contribution in [-0.2, 0) is 0 Å². The van der Waals surface area contributed by atoms with Crippen molar-refractivity contribution in [2.75, 3.05) is 5.75 Å². The summed E-state index contributed by atoms with van der Waals surface area (Å²) in [5.41, 5.74) is 0.336. The van der Waals surface area contributed by atoms with Crippen LogP contribution >= 0.6 is 11.8 Å². The zero-order valence-electron chi connectivity index (χ0n) is 9.18. The van der Waals surface area contributed by atoms with Crippen molar-refractivity contribution in [2.24, 2.45) is 4.99 Å². The summed E-state index contributed by atoms with van der Waals surface area (Å²) in [4.78, 5) is 4.66. The summed E-state index contributed by atoms with van der Waals surface area (Å²) in [6.07, 6.45) is 6.59. The molecule has 2 rings (SSSR count). The maximum Gasteiger partial charge on any atom is 0.157 e. The molecule has 1 unspecified atom stereocenters. The predicted octanol–water partition coefficient (Wildman–Crippen LogP) is 2.79. The van der Waals surface area contributed by atoms with Crippen LogP contribution in [0.25, 0.3) is 0 Å². The number of hydrogen-bond donors (Lipinski definition) is 1. The third-order valence-electron chi connectivity index (χ3n) is 3.23. The van der Waals surface area contributed by atoms with Crippen molar-refractivity contribution < 1.29 is 0 Å². The fourth-order valence-corrected chi connectivity index (χ4v) is 3.46. The van der Waals surface area contributed by atoms with Gasteiger partial charge in [0.1, 0.15) is 0 Å². The van der Waals surface area contributed by atoms with E-state index in [2.05, 4.69) is 24.2 Å². The second-order valence-corrected chi connectivity index (χ2v) is 5.90. The van der Waals surface area contributed by atoms with Crippen LogP contribution in [0.3, 0.4) is 0 Å². The third kappa shape index (κ3) is 2.44. The van der Waals surface area contributed by atoms with Crippen LogP contribution in [0.4, 0.5) is 0 Å². The topological polar surface area (TPSA) is 24.4 Å². The summed E-state index contributed by atoms with van der Waals surface area (Å²) < 4.78 is 0. The molecule has 1 N–H and O–H groups in total. The van der Waals surface area contributed by atoms with Gasteiger partial charge in [-0.15, -0.1) is 0 Å². The van der Waals surface area contributed by atoms with E-state index in [-0.39, 0.29) is 0 Å². The van der Waals surface area contributed by atoms with E-state index >= 15 is 0 Å². The molecule has 0 radical (unpaired) electrons. The quantitative estimate of drug-likeness (QED) is 0.723. The van der Waals surface area contributed by atoms with Crippen LogP contribution < -0.4 is 5.32 Å². The van der Waals surface area contributed by atoms with Crippen molar-refractivity contribution in [1.82, 2.24) is 5.32 Å². The van der Waals surface area contributed by atoms with Gasteiger partial charge in [0.25, 0.3) is 0 Å². The van der Waals surface area contributed by atoms with Crippen LogP contribution in [0.15, 0.2) is 4.99 Å². The second-order valence-electron chi connectivity index (χ2n) is 4.81. The van der Waals surface area contributed by atoms with Crippen LogP contribution in [0.5, 0.6) is 0 Å². The molecule has 0 aromatic heterocycles. The molecule has 0 spiro atoms. The molecule has 1 fully saturated rings. The first-order valence-corrected chi connectivity index (χ1v) is 6.65. The number of nitrogens with one attached hydrogen (secondary N) is 1. The van der Waals surface area contributed by atoms with Crippen LogP contribution in [0.2, 0.25) is 0 Å². The molecular formula is C11H20N2S. The van der Waals surface area contributed by atoms with Gasteiger partial charge >= 0.3 is 0 Å². The molecule has 1 atom stereocenters. The number of amidine groups is 1. The van der Waals surface area contributed by atoms with E-state index in [0.29, 0.717) is 11.6 Å². The molecule has 3 heteroatoms. The van der Waals surface area contributed by atoms with Gasteiger partial charge in [-0.2, -0.15) is 0 Å². The molecule has 1 aliphatic heterocycles. The fraction of sp³-hybridized carbons (Fsp3) is 0.909. The van der Waals surface area contributed by atoms with Gasteiger partial charge in [-0.3, -0.25) is 4.99 Å². The molecule has 14 heavy (non-hydrogen) atoms. The Balaban J connectivity index is 1.95. The van der Waals surface area contributed by atoms with Gasteiger partial charge in [0, 0.05) is 11.3 Å². The number of rotatable bonds is 1. The van der Waals surface area contributed by atoms with E-state index < -0.39 is 0 Å². The molecule has 0 bridgehead atoms. The summed E-state index contributed by atoms with van der Waals surface area (Å²) in [6, 6.07) is 0.517. The highest BCUT2D eigenvalue weighted by Gasteiger charge is 2.30. The fourth-order valence-electron chi connectivity index (χ4n) is 2.23. The molecule has 2 aliphatic rings. The Morgan fingerprint density at radius 1 is 1.43 bits per heavy atom. The number of aliphatic imine (C=N–C) groups is 1. The molecule has 80 valence electrons. The number of hydrogen-bond acceptors (Lipinski definition) is 3. The van der Waals surface area contributed by atoms with E-state index in [1.165, 1.54) is 43.0 Å². The molecule has 2 nitrogen and oxygen atoms in total. The van der Waals surface area contributed by atoms with E-state index in [1.807, 2.05) is 11.8 Å². The van der Waals surface area contributed by atoms with Crippen molar-refractivity contribution in [1.29, 1.82) is 0 Å². The average Bonchev–Trinajstić information content (AvgIpc) is 2.51. The van der Waals surface area contributed by atoms with Gasteiger partial charge in [-0.05, 0) is 33.1 Å². The minimum Gasteiger partial charge on any atom is -0.360 e. The first-order valence-electron chi connectivity index (χ1n) is 5.67. The summed E-state index contributed by atoms with van der Waals surface area (Å²) in [6.45, 7) is 4.54. The monoisotopic (exact) mass is 212 g/mol. The van der Waals surface area contributed by atoms with Gasteiger partial charge in [-0.1, -0.05) is 24.6 Å². The Morgan fingerprint density at radius 3 is 2.79 bits per heavy atom. The summed E-state index contributed by atoms with van der Waals surface area (Å²) in [5.74, 6) is 1.23. The molecule has 0 saturated heterocycles. The lowest BCUT2D eigenvalue weighted by molar-refractivity contribution is 0.433. The Hall–Kier alpha value is -0.180. The molecule has 0 amide bonds. The largest absolute Gasteiger partial charge is 0.360 e. The van der Waals surface area contributed by atoms with E-state index in [4.69, 9.17) is 0 Å². The molecule has 1 aliphatic carbocycles. The normalized spacial score (nSPS) is 31.3. The lowest BCUT2D eigenvalue weighted by Gasteiger charge is -2.29. The summed E-state index contributed by atoms with van der Waals surface area (Å²) >= 11 is 1.89. The van der Waals surface area contributed by atoms with Crippen molar-refractivity contribution >= 4 is 16.9 Å². The maximum absolute atomic E-state index is 4.66. The molecular weight excluding hydrogens is 192 g/mol. The molecule has 1 saturated carbocycles. The lowest BCUT2D eigenvalue weighted by atomic mass is 10.0. The minimum absolute atomic E-state index is 0.336. The Labute approximate surface area is 90.9 Å². The number of thioether (sulfide) groups is 1. The zero-order chi connectivity index (χ0) is 10.0. The van der Waals surface area contributed by atoms with Gasteiger partial charge in [-0.25, -0.2) is 0 Å². The van der Waals surface area contributed by atoms with Crippen LogP contribution in [-0.4, -0.2) is 22.5 Å². The van der Waals surface area contributed by atoms with E-state index in [9.17, 15) is 0 Å². The van der Waals surface area contributed by atoms with Crippen LogP contribution in [0, 0.1) is 0 Å². The molecule has 0 aromatic rings. The van der Waals surface area contributed by atoms with Gasteiger partial charge in [0.15, 0.2) is 5.17 Å². The SMILES string of the molecule is CC1CCSC(NC2(C)CCCC2)=N1. The Kier molecular flexibility index (Phi) is 3.05. The summed E-state index contributed by atoms with van der Waals surface area (Å²) in [5, 5.41) is 4.83. The molecule has 1 heterocycles. The lowest BCUT2D eigenvalue weighted by Crippen LogP contribution is -2.43. The van der Waals surface area contributed by atoms with Gasteiger partial charge in [0.2, 0.25) is 0 Å². The van der Waals surface area contributed by atoms with E-state index in [0.717, 1.165) is 0 Å². The van der Waals surface area contributed by atoms with E-state index in [1.54, 1.807) is 0 Å². The highest BCUT2D eigenvalue weighted by atomic mass is 32.2.